The van der Waals surface area contributed by atoms with Crippen LogP contribution in [0.5, 0.6) is 0 Å². The molecule has 0 bridgehead atoms. The van der Waals surface area contributed by atoms with Crippen molar-refractivity contribution in [2.75, 3.05) is 6.61 Å². The smallest absolute Gasteiger partial charge is 0.337 e. The highest BCUT2D eigenvalue weighted by molar-refractivity contribution is 5.91. The average molecular weight is 236 g/mol. The molecule has 4 heteroatoms. The summed E-state index contributed by atoms with van der Waals surface area (Å²) in [4.78, 5) is 10.9. The van der Waals surface area contributed by atoms with E-state index in [9.17, 15) is 9.18 Å². The molecule has 1 aromatic carbocycles. The van der Waals surface area contributed by atoms with Gasteiger partial charge < -0.3 is 10.2 Å². The van der Waals surface area contributed by atoms with Crippen LogP contribution in [0.1, 0.15) is 34.3 Å². The Labute approximate surface area is 98.9 Å². The average Bonchev–Trinajstić information content (AvgIpc) is 2.25. The molecule has 0 amide bonds. The van der Waals surface area contributed by atoms with Crippen molar-refractivity contribution in [2.45, 2.75) is 19.8 Å². The third-order valence-corrected chi connectivity index (χ3v) is 2.20. The molecule has 0 saturated heterocycles. The Morgan fingerprint density at radius 2 is 2.18 bits per heavy atom. The van der Waals surface area contributed by atoms with Crippen LogP contribution in [-0.4, -0.2) is 22.8 Å². The maximum atomic E-state index is 13.1. The molecule has 0 heterocycles. The van der Waals surface area contributed by atoms with Crippen LogP contribution in [-0.2, 0) is 0 Å². The number of halogens is 1. The second-order valence-corrected chi connectivity index (χ2v) is 3.58. The topological polar surface area (TPSA) is 57.5 Å². The first kappa shape index (κ1) is 13.2. The third-order valence-electron chi connectivity index (χ3n) is 2.20. The van der Waals surface area contributed by atoms with Crippen LogP contribution in [0.3, 0.4) is 0 Å². The van der Waals surface area contributed by atoms with Gasteiger partial charge in [-0.05, 0) is 31.0 Å². The number of aliphatic hydroxyl groups is 1. The number of benzene rings is 1. The van der Waals surface area contributed by atoms with Gasteiger partial charge in [0.05, 0.1) is 5.56 Å². The summed E-state index contributed by atoms with van der Waals surface area (Å²) in [5, 5.41) is 17.5. The number of hydrogen-bond donors (Lipinski definition) is 2. The molecule has 0 aliphatic rings. The summed E-state index contributed by atoms with van der Waals surface area (Å²) in [6.07, 6.45) is 1.02. The molecule has 17 heavy (non-hydrogen) atoms. The molecule has 2 N–H and O–H groups in total. The van der Waals surface area contributed by atoms with Crippen LogP contribution in [0.25, 0.3) is 0 Å². The zero-order chi connectivity index (χ0) is 12.8. The number of carboxylic acid groups (broad SMARTS) is 1. The fourth-order valence-corrected chi connectivity index (χ4v) is 1.40. The first-order valence-electron chi connectivity index (χ1n) is 5.19. The van der Waals surface area contributed by atoms with E-state index in [4.69, 9.17) is 10.2 Å². The normalized spacial score (nSPS) is 9.59. The van der Waals surface area contributed by atoms with Gasteiger partial charge >= 0.3 is 5.97 Å². The second-order valence-electron chi connectivity index (χ2n) is 3.58. The summed E-state index contributed by atoms with van der Waals surface area (Å²) >= 11 is 0. The van der Waals surface area contributed by atoms with E-state index >= 15 is 0 Å². The SMILES string of the molecule is Cc1cc(F)cc(C(=O)O)c1C#CCCCO. The lowest BCUT2D eigenvalue weighted by Crippen LogP contribution is -2.03. The molecule has 0 spiro atoms. The van der Waals surface area contributed by atoms with Crippen molar-refractivity contribution >= 4 is 5.97 Å². The summed E-state index contributed by atoms with van der Waals surface area (Å²) in [6, 6.07) is 2.22. The summed E-state index contributed by atoms with van der Waals surface area (Å²) in [6.45, 7) is 1.66. The maximum Gasteiger partial charge on any atom is 0.337 e. The summed E-state index contributed by atoms with van der Waals surface area (Å²) in [7, 11) is 0. The van der Waals surface area contributed by atoms with E-state index in [1.807, 2.05) is 0 Å². The van der Waals surface area contributed by atoms with Gasteiger partial charge in [-0.15, -0.1) is 0 Å². The predicted molar refractivity (Wildman–Crippen MR) is 61.3 cm³/mol. The van der Waals surface area contributed by atoms with E-state index in [-0.39, 0.29) is 12.2 Å². The fraction of sp³-hybridized carbons (Fsp3) is 0.308. The van der Waals surface area contributed by atoms with E-state index in [0.29, 0.717) is 24.0 Å². The Balaban J connectivity index is 3.11. The first-order chi connectivity index (χ1) is 8.06. The second kappa shape index (κ2) is 6.02. The zero-order valence-electron chi connectivity index (χ0n) is 9.46. The van der Waals surface area contributed by atoms with E-state index < -0.39 is 11.8 Å². The Morgan fingerprint density at radius 3 is 2.76 bits per heavy atom. The first-order valence-corrected chi connectivity index (χ1v) is 5.19. The highest BCUT2D eigenvalue weighted by atomic mass is 19.1. The van der Waals surface area contributed by atoms with Gasteiger partial charge in [0.2, 0.25) is 0 Å². The largest absolute Gasteiger partial charge is 0.478 e. The number of aryl methyl sites for hydroxylation is 1. The van der Waals surface area contributed by atoms with E-state index in [1.54, 1.807) is 6.92 Å². The maximum absolute atomic E-state index is 13.1. The number of unbranched alkanes of at least 4 members (excludes halogenated alkanes) is 1. The van der Waals surface area contributed by atoms with Gasteiger partial charge in [0.15, 0.2) is 0 Å². The van der Waals surface area contributed by atoms with Crippen molar-refractivity contribution in [2.24, 2.45) is 0 Å². The molecular formula is C13H13FO3. The van der Waals surface area contributed by atoms with Crippen LogP contribution in [0, 0.1) is 24.6 Å². The molecule has 90 valence electrons. The fourth-order valence-electron chi connectivity index (χ4n) is 1.40. The zero-order valence-corrected chi connectivity index (χ0v) is 9.46. The summed E-state index contributed by atoms with van der Waals surface area (Å²) in [5.74, 6) is 3.70. The van der Waals surface area contributed by atoms with Crippen molar-refractivity contribution in [3.8, 4) is 11.8 Å². The molecule has 0 atom stereocenters. The van der Waals surface area contributed by atoms with Crippen molar-refractivity contribution in [3.05, 3.63) is 34.6 Å². The monoisotopic (exact) mass is 236 g/mol. The van der Waals surface area contributed by atoms with Gasteiger partial charge in [-0.3, -0.25) is 0 Å². The van der Waals surface area contributed by atoms with Gasteiger partial charge in [0.25, 0.3) is 0 Å². The highest BCUT2D eigenvalue weighted by Gasteiger charge is 2.12. The Hall–Kier alpha value is -1.86. The summed E-state index contributed by atoms with van der Waals surface area (Å²) in [5.41, 5.74) is 0.703. The molecular weight excluding hydrogens is 223 g/mol. The number of carbonyl (C=O) groups is 1. The van der Waals surface area contributed by atoms with Crippen LogP contribution >= 0.6 is 0 Å². The van der Waals surface area contributed by atoms with Crippen LogP contribution in [0.4, 0.5) is 4.39 Å². The van der Waals surface area contributed by atoms with Gasteiger partial charge in [0.1, 0.15) is 5.82 Å². The van der Waals surface area contributed by atoms with Gasteiger partial charge in [-0.25, -0.2) is 9.18 Å². The number of aromatic carboxylic acids is 1. The Bertz CT molecular complexity index is 483. The molecule has 0 radical (unpaired) electrons. The quantitative estimate of drug-likeness (QED) is 0.623. The van der Waals surface area contributed by atoms with E-state index in [0.717, 1.165) is 6.07 Å². The minimum Gasteiger partial charge on any atom is -0.478 e. The van der Waals surface area contributed by atoms with Crippen molar-refractivity contribution < 1.29 is 19.4 Å². The van der Waals surface area contributed by atoms with Crippen molar-refractivity contribution in [1.82, 2.24) is 0 Å². The van der Waals surface area contributed by atoms with Crippen LogP contribution < -0.4 is 0 Å². The molecule has 3 nitrogen and oxygen atoms in total. The molecule has 0 aromatic heterocycles. The minimum atomic E-state index is -1.20. The molecule has 0 unspecified atom stereocenters. The molecule has 1 aromatic rings. The van der Waals surface area contributed by atoms with Gasteiger partial charge in [-0.1, -0.05) is 11.8 Å². The Kier molecular flexibility index (Phi) is 4.68. The number of rotatable bonds is 3. The van der Waals surface area contributed by atoms with Crippen LogP contribution in [0.2, 0.25) is 0 Å². The lowest BCUT2D eigenvalue weighted by molar-refractivity contribution is 0.0696. The standard InChI is InChI=1S/C13H13FO3/c1-9-7-10(14)8-12(13(16)17)11(9)5-3-2-4-6-15/h7-8,15H,2,4,6H2,1H3,(H,16,17). The summed E-state index contributed by atoms with van der Waals surface area (Å²) < 4.78 is 13.1. The minimum absolute atomic E-state index is 0.0445. The van der Waals surface area contributed by atoms with Gasteiger partial charge in [0, 0.05) is 18.6 Å². The Morgan fingerprint density at radius 1 is 1.47 bits per heavy atom. The van der Waals surface area contributed by atoms with Crippen molar-refractivity contribution in [1.29, 1.82) is 0 Å². The van der Waals surface area contributed by atoms with E-state index in [2.05, 4.69) is 11.8 Å². The van der Waals surface area contributed by atoms with E-state index in [1.165, 1.54) is 6.07 Å². The predicted octanol–water partition coefficient (Wildman–Crippen LogP) is 1.96. The van der Waals surface area contributed by atoms with Gasteiger partial charge in [-0.2, -0.15) is 0 Å². The lowest BCUT2D eigenvalue weighted by Gasteiger charge is -2.03. The number of hydrogen-bond acceptors (Lipinski definition) is 2. The number of carboxylic acids is 1. The molecule has 0 saturated carbocycles. The number of aliphatic hydroxyl groups excluding tert-OH is 1. The molecule has 0 aliphatic carbocycles. The molecule has 0 aliphatic heterocycles. The van der Waals surface area contributed by atoms with Crippen LogP contribution in [0.15, 0.2) is 12.1 Å². The third kappa shape index (κ3) is 3.58. The lowest BCUT2D eigenvalue weighted by atomic mass is 10.0. The highest BCUT2D eigenvalue weighted by Crippen LogP contribution is 2.15. The molecule has 1 rings (SSSR count). The van der Waals surface area contributed by atoms with Crippen molar-refractivity contribution in [3.63, 3.8) is 0 Å². The molecule has 0 fully saturated rings.